The second kappa shape index (κ2) is 7.87. The molecule has 2 aromatic heterocycles. The summed E-state index contributed by atoms with van der Waals surface area (Å²) in [6.07, 6.45) is 0.0286. The van der Waals surface area contributed by atoms with E-state index in [1.165, 1.54) is 0 Å². The smallest absolute Gasteiger partial charge is 0.272 e. The van der Waals surface area contributed by atoms with E-state index in [1.807, 2.05) is 60.7 Å². The number of benzene rings is 3. The lowest BCUT2D eigenvalue weighted by molar-refractivity contribution is -0.121. The first-order valence-corrected chi connectivity index (χ1v) is 9.94. The Balaban J connectivity index is 1.48. The second-order valence-electron chi connectivity index (χ2n) is 7.27. The van der Waals surface area contributed by atoms with Crippen molar-refractivity contribution in [2.45, 2.75) is 12.5 Å². The van der Waals surface area contributed by atoms with E-state index in [4.69, 9.17) is 0 Å². The van der Waals surface area contributed by atoms with Crippen molar-refractivity contribution in [1.29, 1.82) is 0 Å². The molecule has 1 atom stereocenters. The van der Waals surface area contributed by atoms with E-state index in [-0.39, 0.29) is 17.9 Å². The quantitative estimate of drug-likeness (QED) is 0.414. The molecule has 2 heterocycles. The molecule has 0 fully saturated rings. The molecule has 0 aliphatic rings. The van der Waals surface area contributed by atoms with Crippen LogP contribution in [0.4, 0.5) is 0 Å². The van der Waals surface area contributed by atoms with Gasteiger partial charge in [0, 0.05) is 5.39 Å². The molecule has 5 aromatic rings. The van der Waals surface area contributed by atoms with E-state index < -0.39 is 6.04 Å². The number of amides is 1. The summed E-state index contributed by atoms with van der Waals surface area (Å²) in [6, 6.07) is 24.1. The Morgan fingerprint density at radius 1 is 0.903 bits per heavy atom. The van der Waals surface area contributed by atoms with Gasteiger partial charge in [0.1, 0.15) is 11.9 Å². The molecule has 3 N–H and O–H groups in total. The number of H-pyrrole nitrogens is 2. The normalized spacial score (nSPS) is 12.1. The number of carbonyl (C=O) groups excluding carboxylic acids is 1. The van der Waals surface area contributed by atoms with E-state index >= 15 is 0 Å². The van der Waals surface area contributed by atoms with E-state index in [0.29, 0.717) is 22.3 Å². The standard InChI is InChI=1S/C24H19N5O2/c30-21(14-20-16-10-4-5-11-17(16)24(31)29-28-20)27-22(15-8-2-1-3-9-15)23-25-18-12-6-7-13-19(18)26-23/h1-13,22H,14H2,(H,25,26)(H,27,30)(H,29,31)/t22-/m1/s1. The largest absolute Gasteiger partial charge is 0.342 e. The van der Waals surface area contributed by atoms with Crippen LogP contribution in [0.15, 0.2) is 83.7 Å². The summed E-state index contributed by atoms with van der Waals surface area (Å²) in [5.41, 5.74) is 2.89. The molecule has 0 radical (unpaired) electrons. The van der Waals surface area contributed by atoms with Crippen molar-refractivity contribution >= 4 is 27.7 Å². The first-order chi connectivity index (χ1) is 15.2. The Labute approximate surface area is 177 Å². The number of para-hydroxylation sites is 2. The fourth-order valence-corrected chi connectivity index (χ4v) is 3.73. The lowest BCUT2D eigenvalue weighted by atomic mass is 10.1. The maximum absolute atomic E-state index is 13.0. The number of hydrogen-bond acceptors (Lipinski definition) is 4. The van der Waals surface area contributed by atoms with Crippen molar-refractivity contribution in [2.24, 2.45) is 0 Å². The fourth-order valence-electron chi connectivity index (χ4n) is 3.73. The molecular weight excluding hydrogens is 390 g/mol. The average molecular weight is 409 g/mol. The summed E-state index contributed by atoms with van der Waals surface area (Å²) in [7, 11) is 0. The first kappa shape index (κ1) is 18.7. The third-order valence-electron chi connectivity index (χ3n) is 5.22. The summed E-state index contributed by atoms with van der Waals surface area (Å²) in [5, 5.41) is 10.8. The molecule has 0 bridgehead atoms. The zero-order valence-electron chi connectivity index (χ0n) is 16.5. The Morgan fingerprint density at radius 2 is 1.61 bits per heavy atom. The number of aromatic nitrogens is 4. The van der Waals surface area contributed by atoms with Crippen LogP contribution in [-0.4, -0.2) is 26.1 Å². The molecule has 5 rings (SSSR count). The second-order valence-corrected chi connectivity index (χ2v) is 7.27. The monoisotopic (exact) mass is 409 g/mol. The molecule has 0 saturated heterocycles. The van der Waals surface area contributed by atoms with Gasteiger partial charge in [0.2, 0.25) is 5.91 Å². The van der Waals surface area contributed by atoms with Gasteiger partial charge in [0.05, 0.1) is 28.5 Å². The maximum Gasteiger partial charge on any atom is 0.272 e. The van der Waals surface area contributed by atoms with Crippen molar-refractivity contribution in [1.82, 2.24) is 25.5 Å². The first-order valence-electron chi connectivity index (χ1n) is 9.94. The molecule has 31 heavy (non-hydrogen) atoms. The summed E-state index contributed by atoms with van der Waals surface area (Å²) in [5.74, 6) is 0.430. The van der Waals surface area contributed by atoms with Crippen molar-refractivity contribution in [3.8, 4) is 0 Å². The van der Waals surface area contributed by atoms with Gasteiger partial charge in [-0.3, -0.25) is 9.59 Å². The number of hydrogen-bond donors (Lipinski definition) is 3. The summed E-state index contributed by atoms with van der Waals surface area (Å²) < 4.78 is 0. The molecule has 7 nitrogen and oxygen atoms in total. The molecule has 0 spiro atoms. The van der Waals surface area contributed by atoms with Gasteiger partial charge in [-0.1, -0.05) is 60.7 Å². The van der Waals surface area contributed by atoms with E-state index in [2.05, 4.69) is 25.5 Å². The Hall–Kier alpha value is -4.26. The molecule has 0 aliphatic heterocycles. The fraction of sp³-hybridized carbons (Fsp3) is 0.0833. The highest BCUT2D eigenvalue weighted by Crippen LogP contribution is 2.23. The van der Waals surface area contributed by atoms with Gasteiger partial charge in [-0.15, -0.1) is 0 Å². The Kier molecular flexibility index (Phi) is 4.76. The Bertz CT molecular complexity index is 1410. The minimum absolute atomic E-state index is 0.0286. The maximum atomic E-state index is 13.0. The minimum atomic E-state index is -0.449. The van der Waals surface area contributed by atoms with E-state index in [1.54, 1.807) is 18.2 Å². The summed E-state index contributed by atoms with van der Waals surface area (Å²) >= 11 is 0. The van der Waals surface area contributed by atoms with Gasteiger partial charge in [-0.2, -0.15) is 5.10 Å². The van der Waals surface area contributed by atoms with Gasteiger partial charge >= 0.3 is 0 Å². The van der Waals surface area contributed by atoms with Crippen molar-refractivity contribution < 1.29 is 4.79 Å². The van der Waals surface area contributed by atoms with Crippen LogP contribution < -0.4 is 10.9 Å². The van der Waals surface area contributed by atoms with Gasteiger partial charge in [0.25, 0.3) is 5.56 Å². The van der Waals surface area contributed by atoms with E-state index in [9.17, 15) is 9.59 Å². The van der Waals surface area contributed by atoms with Crippen LogP contribution in [0, 0.1) is 0 Å². The molecule has 3 aromatic carbocycles. The zero-order valence-corrected chi connectivity index (χ0v) is 16.5. The predicted octanol–water partition coefficient (Wildman–Crippen LogP) is 3.25. The third kappa shape index (κ3) is 3.69. The minimum Gasteiger partial charge on any atom is -0.342 e. The van der Waals surface area contributed by atoms with Crippen LogP contribution in [0.1, 0.15) is 23.1 Å². The van der Waals surface area contributed by atoms with Crippen LogP contribution in [0.2, 0.25) is 0 Å². The van der Waals surface area contributed by atoms with Gasteiger partial charge < -0.3 is 10.3 Å². The van der Waals surface area contributed by atoms with Crippen molar-refractivity contribution in [3.05, 3.63) is 106 Å². The van der Waals surface area contributed by atoms with Gasteiger partial charge in [-0.05, 0) is 23.8 Å². The number of fused-ring (bicyclic) bond motifs is 2. The van der Waals surface area contributed by atoms with Crippen LogP contribution in [-0.2, 0) is 11.2 Å². The molecule has 0 unspecified atom stereocenters. The highest BCUT2D eigenvalue weighted by Gasteiger charge is 2.21. The molecule has 0 saturated carbocycles. The molecule has 0 aliphatic carbocycles. The number of nitrogens with one attached hydrogen (secondary N) is 3. The molecule has 7 heteroatoms. The highest BCUT2D eigenvalue weighted by molar-refractivity contribution is 5.88. The highest BCUT2D eigenvalue weighted by atomic mass is 16.1. The third-order valence-corrected chi connectivity index (χ3v) is 5.22. The van der Waals surface area contributed by atoms with Gasteiger partial charge in [0.15, 0.2) is 0 Å². The van der Waals surface area contributed by atoms with Crippen molar-refractivity contribution in [3.63, 3.8) is 0 Å². The molecule has 1 amide bonds. The number of aromatic amines is 2. The Morgan fingerprint density at radius 3 is 2.42 bits per heavy atom. The number of carbonyl (C=O) groups is 1. The number of nitrogens with zero attached hydrogens (tertiary/aromatic N) is 2. The zero-order chi connectivity index (χ0) is 21.2. The SMILES string of the molecule is O=C(Cc1n[nH]c(=O)c2ccccc12)N[C@H](c1ccccc1)c1nc2ccccc2[nH]1. The van der Waals surface area contributed by atoms with Crippen LogP contribution in [0.5, 0.6) is 0 Å². The van der Waals surface area contributed by atoms with Crippen LogP contribution >= 0.6 is 0 Å². The van der Waals surface area contributed by atoms with E-state index in [0.717, 1.165) is 16.6 Å². The summed E-state index contributed by atoms with van der Waals surface area (Å²) in [4.78, 5) is 33.0. The lowest BCUT2D eigenvalue weighted by Gasteiger charge is -2.17. The van der Waals surface area contributed by atoms with Crippen LogP contribution in [0.3, 0.4) is 0 Å². The number of rotatable bonds is 5. The predicted molar refractivity (Wildman–Crippen MR) is 119 cm³/mol. The van der Waals surface area contributed by atoms with Crippen LogP contribution in [0.25, 0.3) is 21.8 Å². The van der Waals surface area contributed by atoms with Crippen molar-refractivity contribution in [2.75, 3.05) is 0 Å². The summed E-state index contributed by atoms with van der Waals surface area (Å²) in [6.45, 7) is 0. The molecular formula is C24H19N5O2. The van der Waals surface area contributed by atoms with Gasteiger partial charge in [-0.25, -0.2) is 10.1 Å². The molecule has 152 valence electrons. The lowest BCUT2D eigenvalue weighted by Crippen LogP contribution is -2.32. The average Bonchev–Trinajstić information content (AvgIpc) is 3.24. The number of imidazole rings is 1. The topological polar surface area (TPSA) is 104 Å².